The van der Waals surface area contributed by atoms with E-state index in [0.717, 1.165) is 0 Å². The molecule has 1 rings (SSSR count). The molecule has 0 aliphatic carbocycles. The topological polar surface area (TPSA) is 109 Å². The summed E-state index contributed by atoms with van der Waals surface area (Å²) < 4.78 is 1.41. The summed E-state index contributed by atoms with van der Waals surface area (Å²) in [6.45, 7) is 0. The van der Waals surface area contributed by atoms with Crippen molar-refractivity contribution >= 4 is 56.3 Å². The lowest BCUT2D eigenvalue weighted by Gasteiger charge is -2.14. The Morgan fingerprint density at radius 1 is 1.40 bits per heavy atom. The third kappa shape index (κ3) is 5.08. The zero-order valence-electron chi connectivity index (χ0n) is 10.2. The van der Waals surface area contributed by atoms with Crippen LogP contribution in [0.5, 0.6) is 0 Å². The van der Waals surface area contributed by atoms with Crippen molar-refractivity contribution in [3.05, 3.63) is 31.8 Å². The fourth-order valence-electron chi connectivity index (χ4n) is 1.45. The predicted molar refractivity (Wildman–Crippen MR) is 84.2 cm³/mol. The van der Waals surface area contributed by atoms with Gasteiger partial charge in [-0.25, -0.2) is 4.79 Å². The maximum absolute atomic E-state index is 12.1. The normalized spacial score (nSPS) is 11.7. The van der Waals surface area contributed by atoms with Gasteiger partial charge < -0.3 is 16.2 Å². The highest BCUT2D eigenvalue weighted by atomic mass is 127. The standard InChI is InChI=1S/C12H12BrIN2O4/c13-6-1-2-8(14)7(5-6)11(18)16-9(12(19)20)3-4-10(15)17/h1-2,5,9H,3-4H2,(H2,15,17)(H,16,18)(H,19,20). The van der Waals surface area contributed by atoms with Crippen LogP contribution in [0.25, 0.3) is 0 Å². The summed E-state index contributed by atoms with van der Waals surface area (Å²) in [6, 6.07) is 3.97. The molecular formula is C12H12BrIN2O4. The quantitative estimate of drug-likeness (QED) is 0.566. The summed E-state index contributed by atoms with van der Waals surface area (Å²) in [4.78, 5) is 33.8. The molecule has 1 unspecified atom stereocenters. The fraction of sp³-hybridized carbons (Fsp3) is 0.250. The van der Waals surface area contributed by atoms with Crippen LogP contribution in [0.15, 0.2) is 22.7 Å². The van der Waals surface area contributed by atoms with Gasteiger partial charge in [-0.05, 0) is 47.2 Å². The Bertz CT molecular complexity index is 550. The number of hydrogen-bond acceptors (Lipinski definition) is 3. The number of carbonyl (C=O) groups excluding carboxylic acids is 2. The molecule has 0 aromatic heterocycles. The van der Waals surface area contributed by atoms with Gasteiger partial charge in [0.1, 0.15) is 6.04 Å². The molecule has 2 amide bonds. The Hall–Kier alpha value is -1.16. The number of amides is 2. The zero-order chi connectivity index (χ0) is 15.3. The molecule has 1 aromatic carbocycles. The highest BCUT2D eigenvalue weighted by Gasteiger charge is 2.22. The second kappa shape index (κ2) is 7.58. The van der Waals surface area contributed by atoms with Crippen molar-refractivity contribution in [2.75, 3.05) is 0 Å². The summed E-state index contributed by atoms with van der Waals surface area (Å²) in [6.07, 6.45) is -0.145. The van der Waals surface area contributed by atoms with Crippen LogP contribution >= 0.6 is 38.5 Å². The van der Waals surface area contributed by atoms with Crippen LogP contribution < -0.4 is 11.1 Å². The van der Waals surface area contributed by atoms with Gasteiger partial charge in [0.15, 0.2) is 0 Å². The van der Waals surface area contributed by atoms with Crippen LogP contribution in [0.4, 0.5) is 0 Å². The van der Waals surface area contributed by atoms with E-state index in [9.17, 15) is 14.4 Å². The molecule has 0 bridgehead atoms. The average molecular weight is 455 g/mol. The number of nitrogens with two attached hydrogens (primary N) is 1. The van der Waals surface area contributed by atoms with Gasteiger partial charge in [0.05, 0.1) is 5.56 Å². The molecular weight excluding hydrogens is 443 g/mol. The van der Waals surface area contributed by atoms with Gasteiger partial charge in [0.2, 0.25) is 5.91 Å². The average Bonchev–Trinajstić information content (AvgIpc) is 2.36. The van der Waals surface area contributed by atoms with Gasteiger partial charge in [0, 0.05) is 14.5 Å². The SMILES string of the molecule is NC(=O)CCC(NC(=O)c1cc(Br)ccc1I)C(=O)O. The number of rotatable bonds is 6. The molecule has 0 aliphatic rings. The van der Waals surface area contributed by atoms with E-state index in [0.29, 0.717) is 13.6 Å². The number of halogens is 2. The van der Waals surface area contributed by atoms with E-state index in [1.165, 1.54) is 0 Å². The molecule has 4 N–H and O–H groups in total. The van der Waals surface area contributed by atoms with E-state index in [1.807, 2.05) is 22.6 Å². The number of benzene rings is 1. The molecule has 0 radical (unpaired) electrons. The minimum Gasteiger partial charge on any atom is -0.480 e. The lowest BCUT2D eigenvalue weighted by atomic mass is 10.1. The summed E-state index contributed by atoms with van der Waals surface area (Å²) in [5, 5.41) is 11.4. The number of primary amides is 1. The largest absolute Gasteiger partial charge is 0.480 e. The minimum atomic E-state index is -1.20. The molecule has 0 fully saturated rings. The molecule has 108 valence electrons. The summed E-state index contributed by atoms with van der Waals surface area (Å²) in [5.41, 5.74) is 5.34. The van der Waals surface area contributed by atoms with E-state index in [-0.39, 0.29) is 12.8 Å². The lowest BCUT2D eigenvalue weighted by Crippen LogP contribution is -2.41. The number of carboxylic acids is 1. The summed E-state index contributed by atoms with van der Waals surface area (Å²) in [7, 11) is 0. The summed E-state index contributed by atoms with van der Waals surface area (Å²) in [5.74, 6) is -2.32. The number of carbonyl (C=O) groups is 3. The van der Waals surface area contributed by atoms with E-state index in [4.69, 9.17) is 10.8 Å². The fourth-order valence-corrected chi connectivity index (χ4v) is 2.39. The van der Waals surface area contributed by atoms with Crippen molar-refractivity contribution in [1.29, 1.82) is 0 Å². The molecule has 20 heavy (non-hydrogen) atoms. The first-order chi connectivity index (χ1) is 9.31. The van der Waals surface area contributed by atoms with Crippen LogP contribution in [0.3, 0.4) is 0 Å². The predicted octanol–water partition coefficient (Wildman–Crippen LogP) is 1.50. The van der Waals surface area contributed by atoms with E-state index < -0.39 is 23.8 Å². The number of hydrogen-bond donors (Lipinski definition) is 3. The molecule has 0 aliphatic heterocycles. The maximum Gasteiger partial charge on any atom is 0.326 e. The molecule has 1 atom stereocenters. The van der Waals surface area contributed by atoms with Crippen molar-refractivity contribution in [2.45, 2.75) is 18.9 Å². The monoisotopic (exact) mass is 454 g/mol. The maximum atomic E-state index is 12.1. The minimum absolute atomic E-state index is 0.0407. The van der Waals surface area contributed by atoms with Crippen molar-refractivity contribution < 1.29 is 19.5 Å². The van der Waals surface area contributed by atoms with Gasteiger partial charge in [-0.3, -0.25) is 9.59 Å². The van der Waals surface area contributed by atoms with Crippen molar-refractivity contribution in [3.8, 4) is 0 Å². The first-order valence-corrected chi connectivity index (χ1v) is 7.45. The van der Waals surface area contributed by atoms with Crippen molar-refractivity contribution in [2.24, 2.45) is 5.73 Å². The highest BCUT2D eigenvalue weighted by Crippen LogP contribution is 2.18. The van der Waals surface area contributed by atoms with E-state index in [1.54, 1.807) is 18.2 Å². The molecule has 0 spiro atoms. The smallest absolute Gasteiger partial charge is 0.326 e. The van der Waals surface area contributed by atoms with Crippen LogP contribution in [-0.4, -0.2) is 28.9 Å². The Morgan fingerprint density at radius 3 is 2.60 bits per heavy atom. The molecule has 1 aromatic rings. The summed E-state index contributed by atoms with van der Waals surface area (Å²) >= 11 is 5.23. The third-order valence-electron chi connectivity index (χ3n) is 2.46. The number of aliphatic carboxylic acids is 1. The first-order valence-electron chi connectivity index (χ1n) is 5.58. The van der Waals surface area contributed by atoms with Gasteiger partial charge in [-0.15, -0.1) is 0 Å². The Morgan fingerprint density at radius 2 is 2.05 bits per heavy atom. The first kappa shape index (κ1) is 16.9. The van der Waals surface area contributed by atoms with E-state index in [2.05, 4.69) is 21.2 Å². The molecule has 8 heteroatoms. The van der Waals surface area contributed by atoms with Crippen LogP contribution in [0.1, 0.15) is 23.2 Å². The number of carboxylic acid groups (broad SMARTS) is 1. The van der Waals surface area contributed by atoms with E-state index >= 15 is 0 Å². The Kier molecular flexibility index (Phi) is 6.40. The zero-order valence-corrected chi connectivity index (χ0v) is 14.0. The van der Waals surface area contributed by atoms with Crippen LogP contribution in [-0.2, 0) is 9.59 Å². The molecule has 6 nitrogen and oxygen atoms in total. The van der Waals surface area contributed by atoms with Crippen LogP contribution in [0.2, 0.25) is 0 Å². The van der Waals surface area contributed by atoms with Crippen molar-refractivity contribution in [3.63, 3.8) is 0 Å². The third-order valence-corrected chi connectivity index (χ3v) is 3.89. The lowest BCUT2D eigenvalue weighted by molar-refractivity contribution is -0.139. The highest BCUT2D eigenvalue weighted by molar-refractivity contribution is 14.1. The second-order valence-corrected chi connectivity index (χ2v) is 6.07. The van der Waals surface area contributed by atoms with Gasteiger partial charge in [0.25, 0.3) is 5.91 Å². The van der Waals surface area contributed by atoms with Crippen molar-refractivity contribution in [1.82, 2.24) is 5.32 Å². The second-order valence-electron chi connectivity index (χ2n) is 3.99. The Labute approximate surface area is 137 Å². The van der Waals surface area contributed by atoms with Gasteiger partial charge >= 0.3 is 5.97 Å². The van der Waals surface area contributed by atoms with Crippen LogP contribution in [0, 0.1) is 3.57 Å². The molecule has 0 heterocycles. The Balaban J connectivity index is 2.82. The van der Waals surface area contributed by atoms with Gasteiger partial charge in [-0.2, -0.15) is 0 Å². The van der Waals surface area contributed by atoms with Gasteiger partial charge in [-0.1, -0.05) is 15.9 Å². The molecule has 0 saturated heterocycles. The molecule has 0 saturated carbocycles. The number of nitrogens with one attached hydrogen (secondary N) is 1.